The second-order valence-electron chi connectivity index (χ2n) is 0.680. The van der Waals surface area contributed by atoms with E-state index in [0.717, 1.165) is 0 Å². The first-order valence-corrected chi connectivity index (χ1v) is 3.44. The molecule has 0 aliphatic heterocycles. The van der Waals surface area contributed by atoms with Gasteiger partial charge in [-0.3, -0.25) is 0 Å². The van der Waals surface area contributed by atoms with E-state index in [1.54, 1.807) is 0 Å². The van der Waals surface area contributed by atoms with Crippen LogP contribution in [0.5, 0.6) is 0 Å². The minimum absolute atomic E-state index is 0. The molecule has 0 unspecified atom stereocenters. The van der Waals surface area contributed by atoms with Gasteiger partial charge in [-0.25, -0.2) is 0 Å². The number of hydrogen-bond donors (Lipinski definition) is 0. The van der Waals surface area contributed by atoms with E-state index in [9.17, 15) is 0 Å². The molecule has 0 aromatic rings. The van der Waals surface area contributed by atoms with Gasteiger partial charge in [0.25, 0.3) is 0 Å². The fourth-order valence-corrected chi connectivity index (χ4v) is 0. The van der Waals surface area contributed by atoms with Gasteiger partial charge in [0.1, 0.15) is 0 Å². The predicted molar refractivity (Wildman–Crippen MR) is 7.81 cm³/mol. The monoisotopic (exact) mass is 340 g/mol. The Balaban J connectivity index is 0. The Morgan fingerprint density at radius 1 is 1.00 bits per heavy atom. The summed E-state index contributed by atoms with van der Waals surface area (Å²) in [6.45, 7) is 0. The van der Waals surface area contributed by atoms with Gasteiger partial charge < -0.3 is 0 Å². The van der Waals surface area contributed by atoms with Crippen LogP contribution in [0.2, 0.25) is 0 Å². The van der Waals surface area contributed by atoms with Gasteiger partial charge in [0.15, 0.2) is 0 Å². The topological polar surface area (TPSA) is 97.3 Å². The van der Waals surface area contributed by atoms with E-state index in [4.69, 9.17) is 19.7 Å². The Morgan fingerprint density at radius 2 is 1.00 bits per heavy atom. The molecule has 0 amide bonds. The Labute approximate surface area is 59.4 Å². The zero-order valence-electron chi connectivity index (χ0n) is 2.95. The van der Waals surface area contributed by atoms with E-state index in [0.29, 0.717) is 0 Å². The SMILES string of the molecule is [O]=[Cr](=[O])(=[O])([O-])[O-].[Pb+2]. The van der Waals surface area contributed by atoms with Crippen LogP contribution in [0.25, 0.3) is 0 Å². The van der Waals surface area contributed by atoms with Gasteiger partial charge in [-0.05, 0) is 0 Å². The van der Waals surface area contributed by atoms with Crippen molar-refractivity contribution in [3.05, 3.63) is 0 Å². The van der Waals surface area contributed by atoms with Crippen molar-refractivity contribution in [2.24, 2.45) is 0 Å². The predicted octanol–water partition coefficient (Wildman–Crippen LogP) is -3.12. The molecule has 0 aliphatic carbocycles. The van der Waals surface area contributed by atoms with Gasteiger partial charge >= 0.3 is 59.5 Å². The van der Waals surface area contributed by atoms with Crippen molar-refractivity contribution in [3.63, 3.8) is 0 Å². The van der Waals surface area contributed by atoms with E-state index in [-0.39, 0.29) is 27.3 Å². The summed E-state index contributed by atoms with van der Waals surface area (Å²) in [5.41, 5.74) is 0. The molecule has 0 atom stereocenters. The van der Waals surface area contributed by atoms with Crippen LogP contribution in [0.1, 0.15) is 0 Å². The van der Waals surface area contributed by atoms with Crippen molar-refractivity contribution >= 4 is 27.3 Å². The van der Waals surface area contributed by atoms with Crippen LogP contribution in [0.3, 0.4) is 0 Å². The van der Waals surface area contributed by atoms with Crippen LogP contribution >= 0.6 is 0 Å². The van der Waals surface area contributed by atoms with E-state index in [1.165, 1.54) is 0 Å². The van der Waals surface area contributed by atoms with E-state index < -0.39 is 12.5 Å². The second kappa shape index (κ2) is 1.95. The first-order valence-electron chi connectivity index (χ1n) is 0.833. The molecule has 0 rings (SSSR count). The fourth-order valence-electron chi connectivity index (χ4n) is 0. The Morgan fingerprint density at radius 3 is 1.00 bits per heavy atom. The molecule has 0 N–H and O–H groups in total. The van der Waals surface area contributed by atoms with Gasteiger partial charge in [0.2, 0.25) is 0 Å². The summed E-state index contributed by atoms with van der Waals surface area (Å²) in [4.78, 5) is 0. The van der Waals surface area contributed by atoms with Gasteiger partial charge in [0, 0.05) is 0 Å². The first-order chi connectivity index (χ1) is 2.24. The summed E-state index contributed by atoms with van der Waals surface area (Å²) >= 11 is -7.62. The molecule has 0 saturated heterocycles. The molecule has 40 valence electrons. The van der Waals surface area contributed by atoms with Gasteiger partial charge in [0.05, 0.1) is 0 Å². The molecule has 5 nitrogen and oxygen atoms in total. The van der Waals surface area contributed by atoms with Crippen molar-refractivity contribution in [2.45, 2.75) is 0 Å². The molecular weight excluding hydrogens is 339 g/mol. The third kappa shape index (κ3) is 257. The maximum absolute atomic E-state index is 8.62. The normalized spacial score (nSPS) is 12.4. The molecule has 0 aliphatic rings. The molecular formula is CrO5Pb. The summed E-state index contributed by atoms with van der Waals surface area (Å²) in [7, 11) is 0. The molecule has 7 heavy (non-hydrogen) atoms. The maximum atomic E-state index is 8.62. The van der Waals surface area contributed by atoms with Crippen molar-refractivity contribution in [1.82, 2.24) is 0 Å². The smallest absolute Gasteiger partial charge is 2.00 e. The van der Waals surface area contributed by atoms with Gasteiger partial charge in [-0.1, -0.05) is 0 Å². The van der Waals surface area contributed by atoms with Crippen molar-refractivity contribution in [1.29, 1.82) is 0 Å². The standard InChI is InChI=1S/Cr.5O.Pb/q;;;;2*-1;+2. The van der Waals surface area contributed by atoms with E-state index in [1.807, 2.05) is 0 Å². The molecule has 2 radical (unpaired) electrons. The molecule has 0 fully saturated rings. The molecule has 0 bridgehead atoms. The van der Waals surface area contributed by atoms with E-state index in [2.05, 4.69) is 0 Å². The van der Waals surface area contributed by atoms with Gasteiger partial charge in [-0.2, -0.15) is 0 Å². The first kappa shape index (κ1) is 10.7. The Bertz CT molecular complexity index is 186. The van der Waals surface area contributed by atoms with Crippen LogP contribution in [0.15, 0.2) is 0 Å². The van der Waals surface area contributed by atoms with Crippen LogP contribution in [-0.2, 0) is 23.9 Å². The molecule has 0 spiro atoms. The third-order valence-corrected chi connectivity index (χ3v) is 0. The molecule has 0 saturated carbocycles. The summed E-state index contributed by atoms with van der Waals surface area (Å²) < 4.78 is 43.1. The maximum Gasteiger partial charge on any atom is 2.00 e. The average Bonchev–Trinajstić information content (AvgIpc) is 0.650. The largest absolute Gasteiger partial charge is 2.00 e. The Kier molecular flexibility index (Phi) is 2.97. The minimum atomic E-state index is -7.62. The van der Waals surface area contributed by atoms with Crippen molar-refractivity contribution < 1.29 is 32.2 Å². The fraction of sp³-hybridized carbons (Fsp3) is 0. The Hall–Kier alpha value is 0.775. The summed E-state index contributed by atoms with van der Waals surface area (Å²) in [6, 6.07) is 0. The van der Waals surface area contributed by atoms with Gasteiger partial charge in [-0.15, -0.1) is 0 Å². The zero-order chi connectivity index (χ0) is 5.45. The van der Waals surface area contributed by atoms with Crippen molar-refractivity contribution in [3.8, 4) is 0 Å². The molecule has 0 aromatic heterocycles. The summed E-state index contributed by atoms with van der Waals surface area (Å²) in [6.07, 6.45) is 0. The van der Waals surface area contributed by atoms with Crippen LogP contribution in [-0.4, -0.2) is 27.3 Å². The molecule has 0 aromatic carbocycles. The van der Waals surface area contributed by atoms with Crippen molar-refractivity contribution in [2.75, 3.05) is 0 Å². The number of hydrogen-bond acceptors (Lipinski definition) is 5. The molecule has 7 heteroatoms. The van der Waals surface area contributed by atoms with Crippen LogP contribution in [0, 0.1) is 0 Å². The zero-order valence-corrected chi connectivity index (χ0v) is 8.11. The molecule has 0 heterocycles. The number of rotatable bonds is 0. The minimum Gasteiger partial charge on any atom is 2.00 e. The summed E-state index contributed by atoms with van der Waals surface area (Å²) in [5, 5.41) is 0. The van der Waals surface area contributed by atoms with Crippen LogP contribution in [0.4, 0.5) is 0 Å². The van der Waals surface area contributed by atoms with Crippen LogP contribution < -0.4 is 8.32 Å². The van der Waals surface area contributed by atoms with E-state index >= 15 is 0 Å². The quantitative estimate of drug-likeness (QED) is 0.435. The summed E-state index contributed by atoms with van der Waals surface area (Å²) in [5.74, 6) is 0. The third-order valence-electron chi connectivity index (χ3n) is 0. The average molecular weight is 339 g/mol. The second-order valence-corrected chi connectivity index (χ2v) is 2.81.